The van der Waals surface area contributed by atoms with Gasteiger partial charge in [0.05, 0.1) is 10.0 Å². The van der Waals surface area contributed by atoms with Crippen molar-refractivity contribution in [2.75, 3.05) is 6.54 Å². The third-order valence-electron chi connectivity index (χ3n) is 2.77. The summed E-state index contributed by atoms with van der Waals surface area (Å²) in [5, 5.41) is -0.0647. The highest BCUT2D eigenvalue weighted by molar-refractivity contribution is 7.80. The summed E-state index contributed by atoms with van der Waals surface area (Å²) in [5.41, 5.74) is 0.688. The standard InChI is InChI=1S/C12H11ClF3NOS/c13-9-4-3-8(6-10(9)18-12(14,15)16)7-17-5-1-2-11(17)19/h3-4,6H,1-2,5,7H2. The first-order valence-corrected chi connectivity index (χ1v) is 6.46. The normalized spacial score (nSPS) is 16.0. The lowest BCUT2D eigenvalue weighted by Crippen LogP contribution is -2.22. The van der Waals surface area contributed by atoms with E-state index in [9.17, 15) is 13.2 Å². The van der Waals surface area contributed by atoms with Crippen molar-refractivity contribution in [3.63, 3.8) is 0 Å². The summed E-state index contributed by atoms with van der Waals surface area (Å²) in [5.74, 6) is -0.378. The van der Waals surface area contributed by atoms with Crippen molar-refractivity contribution in [3.8, 4) is 5.75 Å². The van der Waals surface area contributed by atoms with Crippen LogP contribution in [0.3, 0.4) is 0 Å². The van der Waals surface area contributed by atoms with E-state index in [4.69, 9.17) is 23.8 Å². The Morgan fingerprint density at radius 3 is 2.68 bits per heavy atom. The average Bonchev–Trinajstić information content (AvgIpc) is 2.67. The first kappa shape index (κ1) is 14.4. The van der Waals surface area contributed by atoms with E-state index in [0.717, 1.165) is 24.4 Å². The molecule has 0 aromatic heterocycles. The zero-order chi connectivity index (χ0) is 14.0. The molecule has 0 amide bonds. The fourth-order valence-corrected chi connectivity index (χ4v) is 2.40. The number of thiocarbonyl (C=S) groups is 1. The second kappa shape index (κ2) is 5.54. The molecule has 0 N–H and O–H groups in total. The lowest BCUT2D eigenvalue weighted by atomic mass is 10.2. The first-order valence-electron chi connectivity index (χ1n) is 5.67. The molecule has 0 spiro atoms. The van der Waals surface area contributed by atoms with Gasteiger partial charge in [-0.2, -0.15) is 0 Å². The van der Waals surface area contributed by atoms with Gasteiger partial charge in [-0.15, -0.1) is 13.2 Å². The molecule has 2 nitrogen and oxygen atoms in total. The zero-order valence-corrected chi connectivity index (χ0v) is 11.4. The summed E-state index contributed by atoms with van der Waals surface area (Å²) in [6.45, 7) is 1.31. The highest BCUT2D eigenvalue weighted by atomic mass is 35.5. The maximum Gasteiger partial charge on any atom is 0.573 e. The molecule has 1 aromatic rings. The molecule has 104 valence electrons. The van der Waals surface area contributed by atoms with Crippen molar-refractivity contribution in [1.82, 2.24) is 4.90 Å². The molecule has 1 aliphatic rings. The molecule has 7 heteroatoms. The summed E-state index contributed by atoms with van der Waals surface area (Å²) in [6.07, 6.45) is -2.90. The van der Waals surface area contributed by atoms with Crippen LogP contribution in [0.4, 0.5) is 13.2 Å². The van der Waals surface area contributed by atoms with Gasteiger partial charge in [0.25, 0.3) is 0 Å². The molecule has 0 unspecified atom stereocenters. The molecule has 2 rings (SSSR count). The van der Waals surface area contributed by atoms with Gasteiger partial charge < -0.3 is 9.64 Å². The van der Waals surface area contributed by atoms with E-state index < -0.39 is 6.36 Å². The summed E-state index contributed by atoms with van der Waals surface area (Å²) in [6, 6.07) is 4.38. The van der Waals surface area contributed by atoms with E-state index in [-0.39, 0.29) is 10.8 Å². The molecule has 1 aromatic carbocycles. The quantitative estimate of drug-likeness (QED) is 0.778. The third-order valence-corrected chi connectivity index (χ3v) is 3.54. The first-order chi connectivity index (χ1) is 8.85. The minimum atomic E-state index is -4.74. The Morgan fingerprint density at radius 1 is 1.37 bits per heavy atom. The van der Waals surface area contributed by atoms with Crippen LogP contribution in [0.5, 0.6) is 5.75 Å². The van der Waals surface area contributed by atoms with Gasteiger partial charge in [0.2, 0.25) is 0 Å². The second-order valence-electron chi connectivity index (χ2n) is 4.23. The van der Waals surface area contributed by atoms with Crippen LogP contribution >= 0.6 is 23.8 Å². The van der Waals surface area contributed by atoms with Crippen LogP contribution in [0.2, 0.25) is 5.02 Å². The Morgan fingerprint density at radius 2 is 2.11 bits per heavy atom. The lowest BCUT2D eigenvalue weighted by molar-refractivity contribution is -0.274. The van der Waals surface area contributed by atoms with E-state index in [2.05, 4.69) is 4.74 Å². The zero-order valence-electron chi connectivity index (χ0n) is 9.84. The molecule has 1 saturated heterocycles. The fraction of sp³-hybridized carbons (Fsp3) is 0.417. The Labute approximate surface area is 119 Å². The van der Waals surface area contributed by atoms with Gasteiger partial charge in [-0.25, -0.2) is 0 Å². The number of likely N-dealkylation sites (tertiary alicyclic amines) is 1. The lowest BCUT2D eigenvalue weighted by Gasteiger charge is -2.19. The number of alkyl halides is 3. The summed E-state index contributed by atoms with van der Waals surface area (Å²) in [4.78, 5) is 2.81. The van der Waals surface area contributed by atoms with E-state index in [1.165, 1.54) is 12.1 Å². The smallest absolute Gasteiger partial charge is 0.404 e. The van der Waals surface area contributed by atoms with Crippen LogP contribution in [0.1, 0.15) is 18.4 Å². The molecule has 0 bridgehead atoms. The van der Waals surface area contributed by atoms with Crippen LogP contribution in [0.15, 0.2) is 18.2 Å². The predicted molar refractivity (Wildman–Crippen MR) is 70.4 cm³/mol. The number of rotatable bonds is 3. The highest BCUT2D eigenvalue weighted by Crippen LogP contribution is 2.31. The Kier molecular flexibility index (Phi) is 4.20. The van der Waals surface area contributed by atoms with Crippen LogP contribution in [-0.2, 0) is 6.54 Å². The molecule has 0 saturated carbocycles. The van der Waals surface area contributed by atoms with E-state index >= 15 is 0 Å². The molecular formula is C12H11ClF3NOS. The van der Waals surface area contributed by atoms with E-state index in [1.807, 2.05) is 4.90 Å². The van der Waals surface area contributed by atoms with Crippen molar-refractivity contribution in [1.29, 1.82) is 0 Å². The molecule has 1 fully saturated rings. The molecule has 0 atom stereocenters. The molecule has 0 aliphatic carbocycles. The van der Waals surface area contributed by atoms with Crippen molar-refractivity contribution in [2.24, 2.45) is 0 Å². The maximum atomic E-state index is 12.2. The average molecular weight is 310 g/mol. The van der Waals surface area contributed by atoms with Gasteiger partial charge in [-0.05, 0) is 30.5 Å². The number of hydrogen-bond acceptors (Lipinski definition) is 2. The van der Waals surface area contributed by atoms with Crippen LogP contribution < -0.4 is 4.74 Å². The van der Waals surface area contributed by atoms with Crippen LogP contribution in [0, 0.1) is 0 Å². The van der Waals surface area contributed by atoms with Crippen LogP contribution in [0.25, 0.3) is 0 Å². The summed E-state index contributed by atoms with van der Waals surface area (Å²) < 4.78 is 40.5. The summed E-state index contributed by atoms with van der Waals surface area (Å²) >= 11 is 10.9. The molecular weight excluding hydrogens is 299 g/mol. The molecule has 1 aliphatic heterocycles. The van der Waals surface area contributed by atoms with E-state index in [1.54, 1.807) is 6.07 Å². The van der Waals surface area contributed by atoms with Gasteiger partial charge in [0.15, 0.2) is 0 Å². The van der Waals surface area contributed by atoms with Crippen molar-refractivity contribution >= 4 is 28.8 Å². The van der Waals surface area contributed by atoms with Crippen molar-refractivity contribution in [2.45, 2.75) is 25.7 Å². The van der Waals surface area contributed by atoms with Gasteiger partial charge in [-0.1, -0.05) is 29.9 Å². The maximum absolute atomic E-state index is 12.2. The number of benzene rings is 1. The Bertz CT molecular complexity index is 492. The number of halogens is 4. The molecule has 19 heavy (non-hydrogen) atoms. The van der Waals surface area contributed by atoms with Crippen molar-refractivity contribution in [3.05, 3.63) is 28.8 Å². The fourth-order valence-electron chi connectivity index (χ4n) is 1.94. The number of ether oxygens (including phenoxy) is 1. The topological polar surface area (TPSA) is 12.5 Å². The monoisotopic (exact) mass is 309 g/mol. The van der Waals surface area contributed by atoms with Crippen LogP contribution in [-0.4, -0.2) is 22.8 Å². The molecule has 0 radical (unpaired) electrons. The predicted octanol–water partition coefficient (Wildman–Crippen LogP) is 4.16. The number of hydrogen-bond donors (Lipinski definition) is 0. The van der Waals surface area contributed by atoms with Gasteiger partial charge in [-0.3, -0.25) is 0 Å². The molecule has 1 heterocycles. The van der Waals surface area contributed by atoms with Crippen molar-refractivity contribution < 1.29 is 17.9 Å². The van der Waals surface area contributed by atoms with Gasteiger partial charge >= 0.3 is 6.36 Å². The minimum absolute atomic E-state index is 0.0647. The summed E-state index contributed by atoms with van der Waals surface area (Å²) in [7, 11) is 0. The Balaban J connectivity index is 2.14. The van der Waals surface area contributed by atoms with E-state index in [0.29, 0.717) is 12.1 Å². The highest BCUT2D eigenvalue weighted by Gasteiger charge is 2.32. The second-order valence-corrected chi connectivity index (χ2v) is 5.11. The van der Waals surface area contributed by atoms with Gasteiger partial charge in [0.1, 0.15) is 5.75 Å². The SMILES string of the molecule is FC(F)(F)Oc1cc(CN2CCCC2=S)ccc1Cl. The largest absolute Gasteiger partial charge is 0.573 e. The van der Waals surface area contributed by atoms with Gasteiger partial charge in [0, 0.05) is 13.1 Å². The Hall–Kier alpha value is -1.01. The minimum Gasteiger partial charge on any atom is -0.404 e. The third kappa shape index (κ3) is 3.98. The number of nitrogens with zero attached hydrogens (tertiary/aromatic N) is 1.